The Hall–Kier alpha value is -3.73. The summed E-state index contributed by atoms with van der Waals surface area (Å²) in [6.07, 6.45) is 1.48. The normalized spacial score (nSPS) is 11.0. The predicted molar refractivity (Wildman–Crippen MR) is 102 cm³/mol. The van der Waals surface area contributed by atoms with Gasteiger partial charge in [0, 0.05) is 30.2 Å². The highest BCUT2D eigenvalue weighted by atomic mass is 16.2. The molecule has 1 amide bonds. The van der Waals surface area contributed by atoms with Crippen molar-refractivity contribution in [3.05, 3.63) is 63.3 Å². The summed E-state index contributed by atoms with van der Waals surface area (Å²) in [5, 5.41) is 18.1. The highest BCUT2D eigenvalue weighted by Gasteiger charge is 2.15. The van der Waals surface area contributed by atoms with Crippen molar-refractivity contribution < 1.29 is 4.79 Å². The summed E-state index contributed by atoms with van der Waals surface area (Å²) in [7, 11) is 1.79. The number of amides is 1. The van der Waals surface area contributed by atoms with Gasteiger partial charge >= 0.3 is 0 Å². The number of aryl methyl sites for hydroxylation is 1. The first-order valence-corrected chi connectivity index (χ1v) is 8.37. The van der Waals surface area contributed by atoms with E-state index in [-0.39, 0.29) is 11.3 Å². The molecule has 3 aromatic rings. The Bertz CT molecular complexity index is 1160. The first-order valence-electron chi connectivity index (χ1n) is 8.37. The number of fused-ring (bicyclic) bond motifs is 1. The van der Waals surface area contributed by atoms with Gasteiger partial charge in [-0.2, -0.15) is 15.5 Å². The first-order chi connectivity index (χ1) is 13.0. The molecule has 0 aliphatic carbocycles. The average Bonchev–Trinajstić information content (AvgIpc) is 2.96. The second-order valence-corrected chi connectivity index (χ2v) is 5.96. The summed E-state index contributed by atoms with van der Waals surface area (Å²) >= 11 is 0. The maximum atomic E-state index is 12.6. The van der Waals surface area contributed by atoms with E-state index >= 15 is 0 Å². The minimum atomic E-state index is -0.515. The maximum absolute atomic E-state index is 12.6. The van der Waals surface area contributed by atoms with Gasteiger partial charge in [0.05, 0.1) is 11.6 Å². The molecule has 0 spiro atoms. The van der Waals surface area contributed by atoms with Crippen molar-refractivity contribution in [2.45, 2.75) is 20.4 Å². The number of rotatable bonds is 4. The van der Waals surface area contributed by atoms with E-state index in [1.165, 1.54) is 10.9 Å². The molecule has 0 saturated carbocycles. The number of hydrazone groups is 1. The van der Waals surface area contributed by atoms with Crippen molar-refractivity contribution in [3.63, 3.8) is 0 Å². The molecular formula is C19H18N6O2. The zero-order valence-corrected chi connectivity index (χ0v) is 15.2. The van der Waals surface area contributed by atoms with Gasteiger partial charge in [0.1, 0.15) is 11.8 Å². The highest BCUT2D eigenvalue weighted by molar-refractivity contribution is 6.05. The minimum Gasteiger partial charge on any atom is -0.339 e. The molecule has 0 saturated heterocycles. The number of nitriles is 1. The number of aromatic nitrogens is 3. The molecular weight excluding hydrogens is 344 g/mol. The fraction of sp³-hybridized carbons (Fsp3) is 0.211. The molecule has 0 aliphatic heterocycles. The lowest BCUT2D eigenvalue weighted by Gasteiger charge is -2.08. The number of carbonyl (C=O) groups is 1. The fourth-order valence-electron chi connectivity index (χ4n) is 2.79. The molecule has 0 radical (unpaired) electrons. The molecule has 2 heterocycles. The molecule has 8 heteroatoms. The van der Waals surface area contributed by atoms with E-state index in [0.717, 1.165) is 11.3 Å². The van der Waals surface area contributed by atoms with E-state index < -0.39 is 5.91 Å². The summed E-state index contributed by atoms with van der Waals surface area (Å²) in [4.78, 5) is 24.9. The summed E-state index contributed by atoms with van der Waals surface area (Å²) in [5.74, 6) is -0.515. The molecule has 2 aromatic heterocycles. The Morgan fingerprint density at radius 1 is 1.37 bits per heavy atom. The maximum Gasteiger partial charge on any atom is 0.292 e. The second kappa shape index (κ2) is 7.25. The monoisotopic (exact) mass is 362 g/mol. The van der Waals surface area contributed by atoms with Crippen LogP contribution in [0.3, 0.4) is 0 Å². The van der Waals surface area contributed by atoms with Crippen molar-refractivity contribution >= 4 is 22.9 Å². The molecule has 3 rings (SSSR count). The van der Waals surface area contributed by atoms with Gasteiger partial charge in [-0.15, -0.1) is 0 Å². The van der Waals surface area contributed by atoms with Crippen LogP contribution in [0.1, 0.15) is 34.4 Å². The number of benzene rings is 1. The van der Waals surface area contributed by atoms with Crippen LogP contribution in [0.4, 0.5) is 0 Å². The zero-order valence-electron chi connectivity index (χ0n) is 15.2. The average molecular weight is 362 g/mol. The van der Waals surface area contributed by atoms with Gasteiger partial charge < -0.3 is 4.57 Å². The first kappa shape index (κ1) is 18.1. The Balaban J connectivity index is 1.92. The van der Waals surface area contributed by atoms with Gasteiger partial charge in [0.15, 0.2) is 5.69 Å². The largest absolute Gasteiger partial charge is 0.339 e. The number of hydrogen-bond acceptors (Lipinski definition) is 5. The van der Waals surface area contributed by atoms with Gasteiger partial charge in [-0.25, -0.2) is 10.1 Å². The summed E-state index contributed by atoms with van der Waals surface area (Å²) in [5.41, 5.74) is 4.42. The van der Waals surface area contributed by atoms with Crippen LogP contribution in [-0.4, -0.2) is 26.5 Å². The van der Waals surface area contributed by atoms with Gasteiger partial charge in [-0.05, 0) is 26.0 Å². The van der Waals surface area contributed by atoms with Crippen molar-refractivity contribution in [2.24, 2.45) is 12.1 Å². The molecule has 1 aromatic carbocycles. The third kappa shape index (κ3) is 3.22. The number of nitrogens with one attached hydrogen (secondary N) is 1. The van der Waals surface area contributed by atoms with E-state index in [0.29, 0.717) is 23.0 Å². The van der Waals surface area contributed by atoms with Crippen LogP contribution in [0, 0.1) is 18.3 Å². The Morgan fingerprint density at radius 3 is 2.70 bits per heavy atom. The van der Waals surface area contributed by atoms with E-state index in [1.54, 1.807) is 48.9 Å². The summed E-state index contributed by atoms with van der Waals surface area (Å²) in [6.45, 7) is 4.00. The third-order valence-corrected chi connectivity index (χ3v) is 4.44. The molecule has 136 valence electrons. The zero-order chi connectivity index (χ0) is 19.6. The lowest BCUT2D eigenvalue weighted by Crippen LogP contribution is -2.28. The minimum absolute atomic E-state index is 0.131. The standard InChI is InChI=1S/C19H18N6O2/c1-4-25-19(27)16-8-6-5-7-15(16)17(23-25)18(26)22-21-11-13-9-14(10-20)24(3)12(13)2/h5-9,11H,4H2,1-3H3,(H,22,26)/b21-11-. The van der Waals surface area contributed by atoms with Gasteiger partial charge in [0.2, 0.25) is 0 Å². The van der Waals surface area contributed by atoms with Gasteiger partial charge in [-0.3, -0.25) is 9.59 Å². The molecule has 0 fully saturated rings. The van der Waals surface area contributed by atoms with Crippen molar-refractivity contribution in [3.8, 4) is 6.07 Å². The Labute approximate surface area is 155 Å². The smallest absolute Gasteiger partial charge is 0.292 e. The van der Waals surface area contributed by atoms with Crippen LogP contribution in [0.15, 0.2) is 40.2 Å². The Morgan fingerprint density at radius 2 is 2.07 bits per heavy atom. The lowest BCUT2D eigenvalue weighted by molar-refractivity contribution is 0.0949. The van der Waals surface area contributed by atoms with Crippen LogP contribution in [0.2, 0.25) is 0 Å². The molecule has 0 bridgehead atoms. The van der Waals surface area contributed by atoms with Crippen molar-refractivity contribution in [2.75, 3.05) is 0 Å². The van der Waals surface area contributed by atoms with Gasteiger partial charge in [-0.1, -0.05) is 18.2 Å². The third-order valence-electron chi connectivity index (χ3n) is 4.44. The van der Waals surface area contributed by atoms with Crippen molar-refractivity contribution in [1.82, 2.24) is 19.8 Å². The topological polar surface area (TPSA) is 105 Å². The van der Waals surface area contributed by atoms with Crippen LogP contribution < -0.4 is 11.0 Å². The van der Waals surface area contributed by atoms with E-state index in [1.807, 2.05) is 6.92 Å². The predicted octanol–water partition coefficient (Wildman–Crippen LogP) is 1.70. The molecule has 1 N–H and O–H groups in total. The summed E-state index contributed by atoms with van der Waals surface area (Å²) < 4.78 is 3.00. The van der Waals surface area contributed by atoms with Gasteiger partial charge in [0.25, 0.3) is 11.5 Å². The molecule has 8 nitrogen and oxygen atoms in total. The number of hydrogen-bond donors (Lipinski definition) is 1. The molecule has 0 aliphatic rings. The number of nitrogens with zero attached hydrogens (tertiary/aromatic N) is 5. The van der Waals surface area contributed by atoms with Crippen molar-refractivity contribution in [1.29, 1.82) is 5.26 Å². The van der Waals surface area contributed by atoms with E-state index in [9.17, 15) is 9.59 Å². The van der Waals surface area contributed by atoms with Crippen LogP contribution >= 0.6 is 0 Å². The lowest BCUT2D eigenvalue weighted by atomic mass is 10.1. The SMILES string of the molecule is CCn1nc(C(=O)N/N=C\c2cc(C#N)n(C)c2C)c2ccccc2c1=O. The molecule has 0 unspecified atom stereocenters. The fourth-order valence-corrected chi connectivity index (χ4v) is 2.79. The van der Waals surface area contributed by atoms with E-state index in [2.05, 4.69) is 21.7 Å². The Kier molecular flexibility index (Phi) is 4.86. The number of carbonyl (C=O) groups excluding carboxylic acids is 1. The highest BCUT2D eigenvalue weighted by Crippen LogP contribution is 2.13. The molecule has 0 atom stereocenters. The summed E-state index contributed by atoms with van der Waals surface area (Å²) in [6, 6.07) is 10.6. The van der Waals surface area contributed by atoms with E-state index in [4.69, 9.17) is 5.26 Å². The van der Waals surface area contributed by atoms with Crippen LogP contribution in [0.5, 0.6) is 0 Å². The van der Waals surface area contributed by atoms with Crippen LogP contribution in [-0.2, 0) is 13.6 Å². The quantitative estimate of drug-likeness (QED) is 0.563. The molecule has 27 heavy (non-hydrogen) atoms. The van der Waals surface area contributed by atoms with Crippen LogP contribution in [0.25, 0.3) is 10.8 Å². The second-order valence-electron chi connectivity index (χ2n) is 5.96.